The highest BCUT2D eigenvalue weighted by Gasteiger charge is 2.11. The maximum absolute atomic E-state index is 12.3. The number of hydrogen-bond donors (Lipinski definition) is 1. The van der Waals surface area contributed by atoms with Crippen molar-refractivity contribution in [2.75, 3.05) is 0 Å². The topological polar surface area (TPSA) is 64.7 Å². The van der Waals surface area contributed by atoms with Crippen molar-refractivity contribution in [3.05, 3.63) is 72.1 Å². The third-order valence-electron chi connectivity index (χ3n) is 3.60. The summed E-state index contributed by atoms with van der Waals surface area (Å²) >= 11 is 0. The van der Waals surface area contributed by atoms with Gasteiger partial charge in [0.2, 0.25) is 0 Å². The van der Waals surface area contributed by atoms with Crippen molar-refractivity contribution < 1.29 is 13.6 Å². The van der Waals surface area contributed by atoms with Crippen molar-refractivity contribution in [3.8, 4) is 0 Å². The van der Waals surface area contributed by atoms with E-state index in [2.05, 4.69) is 15.4 Å². The van der Waals surface area contributed by atoms with Crippen LogP contribution in [0.3, 0.4) is 0 Å². The van der Waals surface area contributed by atoms with Crippen molar-refractivity contribution in [3.63, 3.8) is 0 Å². The minimum Gasteiger partial charge on any atom is -0.347 e. The van der Waals surface area contributed by atoms with Crippen LogP contribution in [0.4, 0.5) is 8.78 Å². The van der Waals surface area contributed by atoms with Gasteiger partial charge in [0.15, 0.2) is 0 Å². The van der Waals surface area contributed by atoms with Crippen LogP contribution in [0, 0.1) is 0 Å². The Morgan fingerprint density at radius 2 is 1.88 bits per heavy atom. The largest absolute Gasteiger partial charge is 0.347 e. The fourth-order valence-corrected chi connectivity index (χ4v) is 2.35. The number of nitrogens with one attached hydrogen (secondary N) is 1. The normalized spacial score (nSPS) is 11.0. The Morgan fingerprint density at radius 1 is 1.12 bits per heavy atom. The van der Waals surface area contributed by atoms with Crippen LogP contribution in [-0.4, -0.2) is 31.7 Å². The molecule has 3 rings (SSSR count). The lowest BCUT2D eigenvalue weighted by atomic mass is 10.1. The molecular weight excluding hydrogens is 328 g/mol. The number of carbonyl (C=O) groups excluding carboxylic acids is 1. The number of alkyl halides is 2. The van der Waals surface area contributed by atoms with E-state index < -0.39 is 18.9 Å². The fourth-order valence-electron chi connectivity index (χ4n) is 2.35. The highest BCUT2D eigenvalue weighted by Crippen LogP contribution is 2.07. The van der Waals surface area contributed by atoms with Crippen LogP contribution in [0.1, 0.15) is 21.6 Å². The van der Waals surface area contributed by atoms with Crippen molar-refractivity contribution in [1.29, 1.82) is 0 Å². The number of amides is 1. The molecular formula is C17H17F2N5O. The predicted molar refractivity (Wildman–Crippen MR) is 87.2 cm³/mol. The SMILES string of the molecule is O=C(NCc1ccc(Cn2ccnc2)cc1)c1ccn(CC(F)F)n1. The molecule has 6 nitrogen and oxygen atoms in total. The molecule has 8 heteroatoms. The van der Waals surface area contributed by atoms with Gasteiger partial charge in [0, 0.05) is 31.7 Å². The first-order valence-electron chi connectivity index (χ1n) is 7.73. The van der Waals surface area contributed by atoms with E-state index in [4.69, 9.17) is 0 Å². The molecule has 0 aliphatic carbocycles. The first-order chi connectivity index (χ1) is 12.1. The molecule has 0 unspecified atom stereocenters. The lowest BCUT2D eigenvalue weighted by Gasteiger charge is -2.06. The minimum absolute atomic E-state index is 0.123. The summed E-state index contributed by atoms with van der Waals surface area (Å²) in [7, 11) is 0. The van der Waals surface area contributed by atoms with Gasteiger partial charge in [-0.05, 0) is 17.2 Å². The fraction of sp³-hybridized carbons (Fsp3) is 0.235. The smallest absolute Gasteiger partial charge is 0.272 e. The van der Waals surface area contributed by atoms with Gasteiger partial charge in [-0.3, -0.25) is 9.48 Å². The zero-order valence-electron chi connectivity index (χ0n) is 13.3. The van der Waals surface area contributed by atoms with Gasteiger partial charge in [0.1, 0.15) is 12.2 Å². The summed E-state index contributed by atoms with van der Waals surface area (Å²) in [6.45, 7) is 0.547. The molecule has 0 saturated heterocycles. The highest BCUT2D eigenvalue weighted by molar-refractivity contribution is 5.92. The maximum Gasteiger partial charge on any atom is 0.272 e. The third-order valence-corrected chi connectivity index (χ3v) is 3.60. The molecule has 0 bridgehead atoms. The molecule has 0 spiro atoms. The Balaban J connectivity index is 1.52. The summed E-state index contributed by atoms with van der Waals surface area (Å²) in [5.41, 5.74) is 2.19. The molecule has 0 aliphatic rings. The second kappa shape index (κ2) is 7.69. The molecule has 1 aromatic carbocycles. The second-order valence-corrected chi connectivity index (χ2v) is 5.55. The molecule has 3 aromatic rings. The number of imidazole rings is 1. The molecule has 1 N–H and O–H groups in total. The lowest BCUT2D eigenvalue weighted by Crippen LogP contribution is -2.23. The zero-order valence-corrected chi connectivity index (χ0v) is 13.3. The summed E-state index contributed by atoms with van der Waals surface area (Å²) in [6, 6.07) is 9.26. The third kappa shape index (κ3) is 4.72. The number of carbonyl (C=O) groups is 1. The minimum atomic E-state index is -2.50. The van der Waals surface area contributed by atoms with Crippen LogP contribution in [0.25, 0.3) is 0 Å². The molecule has 0 atom stereocenters. The van der Waals surface area contributed by atoms with Crippen LogP contribution in [0.15, 0.2) is 55.2 Å². The molecule has 130 valence electrons. The first kappa shape index (κ1) is 16.8. The number of rotatable bonds is 7. The Morgan fingerprint density at radius 3 is 2.56 bits per heavy atom. The van der Waals surface area contributed by atoms with Gasteiger partial charge < -0.3 is 9.88 Å². The number of hydrogen-bond acceptors (Lipinski definition) is 3. The van der Waals surface area contributed by atoms with E-state index >= 15 is 0 Å². The van der Waals surface area contributed by atoms with E-state index in [1.54, 1.807) is 12.5 Å². The Kier molecular flexibility index (Phi) is 5.17. The average molecular weight is 345 g/mol. The van der Waals surface area contributed by atoms with Gasteiger partial charge in [-0.15, -0.1) is 0 Å². The van der Waals surface area contributed by atoms with E-state index in [1.165, 1.54) is 12.3 Å². The van der Waals surface area contributed by atoms with E-state index in [1.807, 2.05) is 35.0 Å². The number of aromatic nitrogens is 4. The van der Waals surface area contributed by atoms with Gasteiger partial charge >= 0.3 is 0 Å². The zero-order chi connectivity index (χ0) is 17.6. The summed E-state index contributed by atoms with van der Waals surface area (Å²) < 4.78 is 27.6. The predicted octanol–water partition coefficient (Wildman–Crippen LogP) is 2.32. The maximum atomic E-state index is 12.3. The number of benzene rings is 1. The highest BCUT2D eigenvalue weighted by atomic mass is 19.3. The van der Waals surface area contributed by atoms with E-state index in [-0.39, 0.29) is 5.69 Å². The van der Waals surface area contributed by atoms with Gasteiger partial charge in [-0.25, -0.2) is 13.8 Å². The van der Waals surface area contributed by atoms with Crippen molar-refractivity contribution >= 4 is 5.91 Å². The summed E-state index contributed by atoms with van der Waals surface area (Å²) in [4.78, 5) is 16.0. The monoisotopic (exact) mass is 345 g/mol. The lowest BCUT2D eigenvalue weighted by molar-refractivity contribution is 0.0940. The van der Waals surface area contributed by atoms with Crippen molar-refractivity contribution in [2.24, 2.45) is 0 Å². The molecule has 0 aliphatic heterocycles. The Labute approximate surface area is 143 Å². The van der Waals surface area contributed by atoms with Crippen molar-refractivity contribution in [1.82, 2.24) is 24.6 Å². The summed E-state index contributed by atoms with van der Waals surface area (Å²) in [6.07, 6.45) is 4.23. The molecule has 25 heavy (non-hydrogen) atoms. The Hall–Kier alpha value is -3.03. The van der Waals surface area contributed by atoms with E-state index in [0.717, 1.165) is 22.4 Å². The summed E-state index contributed by atoms with van der Waals surface area (Å²) in [5, 5.41) is 6.56. The molecule has 1 amide bonds. The molecule has 0 radical (unpaired) electrons. The van der Waals surface area contributed by atoms with Crippen molar-refractivity contribution in [2.45, 2.75) is 26.1 Å². The molecule has 2 aromatic heterocycles. The van der Waals surface area contributed by atoms with Crippen LogP contribution in [0.2, 0.25) is 0 Å². The number of halogens is 2. The average Bonchev–Trinajstić information content (AvgIpc) is 3.25. The van der Waals surface area contributed by atoms with Crippen LogP contribution < -0.4 is 5.32 Å². The molecule has 2 heterocycles. The quantitative estimate of drug-likeness (QED) is 0.715. The summed E-state index contributed by atoms with van der Waals surface area (Å²) in [5.74, 6) is -0.393. The van der Waals surface area contributed by atoms with Gasteiger partial charge in [0.05, 0.1) is 6.33 Å². The van der Waals surface area contributed by atoms with E-state index in [0.29, 0.717) is 6.54 Å². The second-order valence-electron chi connectivity index (χ2n) is 5.55. The van der Waals surface area contributed by atoms with Crippen LogP contribution >= 0.6 is 0 Å². The first-order valence-corrected chi connectivity index (χ1v) is 7.73. The van der Waals surface area contributed by atoms with Gasteiger partial charge in [-0.1, -0.05) is 24.3 Å². The van der Waals surface area contributed by atoms with Gasteiger partial charge in [0.25, 0.3) is 12.3 Å². The van der Waals surface area contributed by atoms with Crippen LogP contribution in [-0.2, 0) is 19.6 Å². The van der Waals surface area contributed by atoms with E-state index in [9.17, 15) is 13.6 Å². The standard InChI is InChI=1S/C17H17F2N5O/c18-16(19)11-24-7-5-15(22-24)17(25)21-9-13-1-3-14(4-2-13)10-23-8-6-20-12-23/h1-8,12,16H,9-11H2,(H,21,25). The Bertz CT molecular complexity index is 812. The van der Waals surface area contributed by atoms with Crippen LogP contribution in [0.5, 0.6) is 0 Å². The number of nitrogens with zero attached hydrogens (tertiary/aromatic N) is 4. The molecule has 0 saturated carbocycles. The molecule has 0 fully saturated rings. The van der Waals surface area contributed by atoms with Gasteiger partial charge in [-0.2, -0.15) is 5.10 Å².